The Hall–Kier alpha value is -1.97. The van der Waals surface area contributed by atoms with Gasteiger partial charge in [0.1, 0.15) is 18.8 Å². The van der Waals surface area contributed by atoms with Gasteiger partial charge in [-0.1, -0.05) is 19.4 Å². The summed E-state index contributed by atoms with van der Waals surface area (Å²) in [4.78, 5) is 31.4. The summed E-state index contributed by atoms with van der Waals surface area (Å²) in [5, 5.41) is 6.36. The molecule has 0 aliphatic carbocycles. The number of fused-ring (bicyclic) bond motifs is 1. The molecule has 3 aliphatic rings. The average molecular weight is 491 g/mol. The third kappa shape index (κ3) is 5.47. The molecular weight excluding hydrogens is 452 g/mol. The smallest absolute Gasteiger partial charge is 0.246 e. The van der Waals surface area contributed by atoms with Gasteiger partial charge in [0, 0.05) is 44.4 Å². The van der Waals surface area contributed by atoms with Gasteiger partial charge in [-0.05, 0) is 43.9 Å². The minimum Gasteiger partial charge on any atom is -0.486 e. The Balaban J connectivity index is 1.49. The van der Waals surface area contributed by atoms with Crippen molar-refractivity contribution in [2.45, 2.75) is 57.7 Å². The summed E-state index contributed by atoms with van der Waals surface area (Å²) >= 11 is 1.74. The zero-order valence-electron chi connectivity index (χ0n) is 20.4. The second-order valence-electron chi connectivity index (χ2n) is 9.26. The third-order valence-electron chi connectivity index (χ3n) is 6.99. The summed E-state index contributed by atoms with van der Waals surface area (Å²) in [5.74, 6) is 3.22. The Morgan fingerprint density at radius 1 is 1.21 bits per heavy atom. The summed E-state index contributed by atoms with van der Waals surface area (Å²) in [6, 6.07) is 5.91. The first-order valence-corrected chi connectivity index (χ1v) is 13.7. The molecule has 1 unspecified atom stereocenters. The van der Waals surface area contributed by atoms with Crippen molar-refractivity contribution in [3.05, 3.63) is 23.8 Å². The van der Waals surface area contributed by atoms with Gasteiger partial charge in [0.25, 0.3) is 0 Å². The van der Waals surface area contributed by atoms with Crippen LogP contribution in [-0.4, -0.2) is 84.2 Å². The van der Waals surface area contributed by atoms with Crippen LogP contribution in [0.3, 0.4) is 0 Å². The lowest BCUT2D eigenvalue weighted by Gasteiger charge is -2.48. The largest absolute Gasteiger partial charge is 0.486 e. The van der Waals surface area contributed by atoms with Crippen molar-refractivity contribution < 1.29 is 19.1 Å². The van der Waals surface area contributed by atoms with Gasteiger partial charge in [-0.3, -0.25) is 19.8 Å². The third-order valence-corrected chi connectivity index (χ3v) is 7.93. The van der Waals surface area contributed by atoms with Crippen LogP contribution in [0.5, 0.6) is 11.5 Å². The van der Waals surface area contributed by atoms with E-state index in [1.165, 1.54) is 5.56 Å². The lowest BCUT2D eigenvalue weighted by atomic mass is 9.83. The van der Waals surface area contributed by atoms with Crippen LogP contribution in [0.2, 0.25) is 0 Å². The number of rotatable bonds is 9. The molecule has 9 heteroatoms. The summed E-state index contributed by atoms with van der Waals surface area (Å²) in [7, 11) is 0. The molecule has 3 aliphatic heterocycles. The van der Waals surface area contributed by atoms with Crippen molar-refractivity contribution >= 4 is 23.6 Å². The van der Waals surface area contributed by atoms with Crippen LogP contribution in [-0.2, 0) is 16.1 Å². The van der Waals surface area contributed by atoms with E-state index in [-0.39, 0.29) is 17.9 Å². The lowest BCUT2D eigenvalue weighted by molar-refractivity contribution is -0.152. The quantitative estimate of drug-likeness (QED) is 0.549. The Bertz CT molecular complexity index is 853. The van der Waals surface area contributed by atoms with Crippen LogP contribution >= 0.6 is 11.8 Å². The fourth-order valence-electron chi connectivity index (χ4n) is 5.06. The predicted molar refractivity (Wildman–Crippen MR) is 134 cm³/mol. The summed E-state index contributed by atoms with van der Waals surface area (Å²) < 4.78 is 11.4. The molecule has 2 saturated heterocycles. The SMILES string of the molecule is CCCCN(C(=O)C1CSCN1)C1(C(=O)NCC)CCN(Cc2ccc3c(c2)OCCO3)CC1. The van der Waals surface area contributed by atoms with Crippen LogP contribution in [0, 0.1) is 0 Å². The zero-order chi connectivity index (χ0) is 24.0. The molecule has 2 fully saturated rings. The van der Waals surface area contributed by atoms with E-state index in [1.54, 1.807) is 11.8 Å². The molecular formula is C25H38N4O4S. The Morgan fingerprint density at radius 3 is 2.65 bits per heavy atom. The number of likely N-dealkylation sites (tertiary alicyclic amines) is 1. The molecule has 188 valence electrons. The minimum atomic E-state index is -0.791. The number of carbonyl (C=O) groups is 2. The monoisotopic (exact) mass is 490 g/mol. The first kappa shape index (κ1) is 25.1. The van der Waals surface area contributed by atoms with Crippen molar-refractivity contribution in [2.75, 3.05) is 51.0 Å². The van der Waals surface area contributed by atoms with Crippen molar-refractivity contribution in [3.63, 3.8) is 0 Å². The zero-order valence-corrected chi connectivity index (χ0v) is 21.3. The number of hydrogen-bond acceptors (Lipinski definition) is 7. The van der Waals surface area contributed by atoms with Crippen LogP contribution in [0.4, 0.5) is 0 Å². The Kier molecular flexibility index (Phi) is 8.60. The Morgan fingerprint density at radius 2 is 1.97 bits per heavy atom. The van der Waals surface area contributed by atoms with Gasteiger partial charge in [0.2, 0.25) is 11.8 Å². The molecule has 1 aromatic rings. The van der Waals surface area contributed by atoms with Gasteiger partial charge in [0.15, 0.2) is 11.5 Å². The van der Waals surface area contributed by atoms with Gasteiger partial charge in [0.05, 0.1) is 6.04 Å². The van der Waals surface area contributed by atoms with E-state index >= 15 is 0 Å². The molecule has 1 atom stereocenters. The standard InChI is InChI=1S/C25H38N4O4S/c1-3-5-10-29(23(30)20-17-34-18-27-20)25(24(31)26-4-2)8-11-28(12-9-25)16-19-6-7-21-22(15-19)33-14-13-32-21/h6-7,15,20,27H,3-5,8-14,16-18H2,1-2H3,(H,26,31). The maximum absolute atomic E-state index is 13.6. The van der Waals surface area contributed by atoms with Crippen molar-refractivity contribution in [2.24, 2.45) is 0 Å². The fourth-order valence-corrected chi connectivity index (χ4v) is 6.00. The number of hydrogen-bond donors (Lipinski definition) is 2. The normalized spacial score (nSPS) is 21.8. The molecule has 2 amide bonds. The molecule has 0 saturated carbocycles. The molecule has 0 aromatic heterocycles. The molecule has 2 N–H and O–H groups in total. The number of piperidine rings is 1. The van der Waals surface area contributed by atoms with Crippen molar-refractivity contribution in [3.8, 4) is 11.5 Å². The van der Waals surface area contributed by atoms with Gasteiger partial charge in [-0.2, -0.15) is 0 Å². The van der Waals surface area contributed by atoms with E-state index in [1.807, 2.05) is 17.9 Å². The van der Waals surface area contributed by atoms with Crippen molar-refractivity contribution in [1.29, 1.82) is 0 Å². The second-order valence-corrected chi connectivity index (χ2v) is 10.3. The number of amides is 2. The van der Waals surface area contributed by atoms with E-state index in [0.717, 1.165) is 55.6 Å². The number of thioether (sulfide) groups is 1. The fraction of sp³-hybridized carbons (Fsp3) is 0.680. The highest BCUT2D eigenvalue weighted by Crippen LogP contribution is 2.34. The highest BCUT2D eigenvalue weighted by molar-refractivity contribution is 7.99. The second kappa shape index (κ2) is 11.6. The number of nitrogens with zero attached hydrogens (tertiary/aromatic N) is 2. The molecule has 34 heavy (non-hydrogen) atoms. The lowest BCUT2D eigenvalue weighted by Crippen LogP contribution is -2.66. The number of carbonyl (C=O) groups excluding carboxylic acids is 2. The highest BCUT2D eigenvalue weighted by Gasteiger charge is 2.49. The number of unbranched alkanes of at least 4 members (excludes halogenated alkanes) is 1. The Labute approximate surface area is 207 Å². The van der Waals surface area contributed by atoms with Crippen LogP contribution in [0.1, 0.15) is 45.1 Å². The predicted octanol–water partition coefficient (Wildman–Crippen LogP) is 2.22. The molecule has 1 aromatic carbocycles. The average Bonchev–Trinajstić information content (AvgIpc) is 3.40. The summed E-state index contributed by atoms with van der Waals surface area (Å²) in [6.45, 7) is 8.71. The first-order valence-electron chi connectivity index (χ1n) is 12.6. The minimum absolute atomic E-state index is 0.0101. The molecule has 8 nitrogen and oxygen atoms in total. The van der Waals surface area contributed by atoms with E-state index in [0.29, 0.717) is 39.1 Å². The van der Waals surface area contributed by atoms with Gasteiger partial charge < -0.3 is 19.7 Å². The maximum Gasteiger partial charge on any atom is 0.246 e. The molecule has 4 rings (SSSR count). The summed E-state index contributed by atoms with van der Waals surface area (Å²) in [5.41, 5.74) is 0.376. The van der Waals surface area contributed by atoms with Crippen LogP contribution < -0.4 is 20.1 Å². The number of likely N-dealkylation sites (N-methyl/N-ethyl adjacent to an activating group) is 1. The van der Waals surface area contributed by atoms with Gasteiger partial charge in [-0.25, -0.2) is 0 Å². The molecule has 3 heterocycles. The van der Waals surface area contributed by atoms with E-state index in [9.17, 15) is 9.59 Å². The van der Waals surface area contributed by atoms with E-state index in [2.05, 4.69) is 34.6 Å². The van der Waals surface area contributed by atoms with Crippen molar-refractivity contribution in [1.82, 2.24) is 20.4 Å². The molecule has 0 radical (unpaired) electrons. The van der Waals surface area contributed by atoms with Gasteiger partial charge >= 0.3 is 0 Å². The topological polar surface area (TPSA) is 83.1 Å². The molecule has 0 spiro atoms. The summed E-state index contributed by atoms with van der Waals surface area (Å²) in [6.07, 6.45) is 3.16. The van der Waals surface area contributed by atoms with E-state index in [4.69, 9.17) is 9.47 Å². The van der Waals surface area contributed by atoms with Crippen LogP contribution in [0.15, 0.2) is 18.2 Å². The van der Waals surface area contributed by atoms with Gasteiger partial charge in [-0.15, -0.1) is 11.8 Å². The number of nitrogens with one attached hydrogen (secondary N) is 2. The van der Waals surface area contributed by atoms with E-state index < -0.39 is 5.54 Å². The first-order chi connectivity index (χ1) is 16.6. The maximum atomic E-state index is 13.6. The molecule has 0 bridgehead atoms. The highest BCUT2D eigenvalue weighted by atomic mass is 32.2. The number of benzene rings is 1. The van der Waals surface area contributed by atoms with Crippen LogP contribution in [0.25, 0.3) is 0 Å². The number of ether oxygens (including phenoxy) is 2.